The highest BCUT2D eigenvalue weighted by Gasteiger charge is 2.23. The van der Waals surface area contributed by atoms with Gasteiger partial charge in [-0.1, -0.05) is 6.92 Å². The van der Waals surface area contributed by atoms with Gasteiger partial charge in [-0.15, -0.1) is 0 Å². The van der Waals surface area contributed by atoms with Crippen LogP contribution in [0.15, 0.2) is 0 Å². The van der Waals surface area contributed by atoms with Crippen LogP contribution in [-0.2, 0) is 9.53 Å². The zero-order valence-electron chi connectivity index (χ0n) is 9.99. The SMILES string of the molecule is CCOC(=O)N[C@@H]1CCCN(C(=O)CC)C1. The standard InChI is InChI=1S/C11H20N2O3/c1-3-10(14)13-7-5-6-9(8-13)12-11(15)16-4-2/h9H,3-8H2,1-2H3,(H,12,15)/t9-/m1/s1. The molecule has 0 aliphatic carbocycles. The molecule has 5 heteroatoms. The maximum absolute atomic E-state index is 11.5. The third kappa shape index (κ3) is 3.72. The number of carbonyl (C=O) groups is 2. The number of nitrogens with one attached hydrogen (secondary N) is 1. The van der Waals surface area contributed by atoms with Crippen LogP contribution < -0.4 is 5.32 Å². The van der Waals surface area contributed by atoms with Crippen LogP contribution in [0.25, 0.3) is 0 Å². The van der Waals surface area contributed by atoms with E-state index >= 15 is 0 Å². The molecule has 0 bridgehead atoms. The Morgan fingerprint density at radius 2 is 2.19 bits per heavy atom. The largest absolute Gasteiger partial charge is 0.450 e. The summed E-state index contributed by atoms with van der Waals surface area (Å²) >= 11 is 0. The minimum absolute atomic E-state index is 0.0308. The fraction of sp³-hybridized carbons (Fsp3) is 0.818. The van der Waals surface area contributed by atoms with Gasteiger partial charge in [0.15, 0.2) is 0 Å². The minimum Gasteiger partial charge on any atom is -0.450 e. The maximum atomic E-state index is 11.5. The van der Waals surface area contributed by atoms with E-state index in [1.807, 2.05) is 6.92 Å². The lowest BCUT2D eigenvalue weighted by atomic mass is 10.1. The summed E-state index contributed by atoms with van der Waals surface area (Å²) < 4.78 is 4.81. The lowest BCUT2D eigenvalue weighted by Crippen LogP contribution is -2.49. The molecule has 2 amide bonds. The topological polar surface area (TPSA) is 58.6 Å². The Hall–Kier alpha value is -1.26. The molecule has 92 valence electrons. The third-order valence-electron chi connectivity index (χ3n) is 2.67. The number of nitrogens with zero attached hydrogens (tertiary/aromatic N) is 1. The molecular formula is C11H20N2O3. The number of hydrogen-bond acceptors (Lipinski definition) is 3. The van der Waals surface area contributed by atoms with Crippen LogP contribution in [0.1, 0.15) is 33.1 Å². The highest BCUT2D eigenvalue weighted by molar-refractivity contribution is 5.76. The molecule has 0 aromatic heterocycles. The number of hydrogen-bond donors (Lipinski definition) is 1. The maximum Gasteiger partial charge on any atom is 0.407 e. The molecule has 1 aliphatic rings. The summed E-state index contributed by atoms with van der Waals surface area (Å²) in [6.45, 7) is 5.40. The molecule has 0 aromatic rings. The van der Waals surface area contributed by atoms with Gasteiger partial charge in [-0.25, -0.2) is 4.79 Å². The van der Waals surface area contributed by atoms with Crippen molar-refractivity contribution in [3.63, 3.8) is 0 Å². The minimum atomic E-state index is -0.390. The molecule has 0 unspecified atom stereocenters. The molecule has 1 heterocycles. The second-order valence-corrected chi connectivity index (χ2v) is 3.90. The molecule has 1 fully saturated rings. The van der Waals surface area contributed by atoms with Crippen molar-refractivity contribution in [1.82, 2.24) is 10.2 Å². The van der Waals surface area contributed by atoms with E-state index in [1.54, 1.807) is 11.8 Å². The van der Waals surface area contributed by atoms with Gasteiger partial charge in [0, 0.05) is 25.6 Å². The Morgan fingerprint density at radius 1 is 1.44 bits per heavy atom. The van der Waals surface area contributed by atoms with Crippen LogP contribution >= 0.6 is 0 Å². The van der Waals surface area contributed by atoms with Crippen molar-refractivity contribution in [2.45, 2.75) is 39.2 Å². The van der Waals surface area contributed by atoms with Gasteiger partial charge in [-0.05, 0) is 19.8 Å². The predicted molar refractivity (Wildman–Crippen MR) is 60.1 cm³/mol. The van der Waals surface area contributed by atoms with E-state index < -0.39 is 6.09 Å². The van der Waals surface area contributed by atoms with Crippen molar-refractivity contribution in [3.05, 3.63) is 0 Å². The molecule has 1 rings (SSSR count). The number of piperidine rings is 1. The van der Waals surface area contributed by atoms with Crippen LogP contribution in [0.5, 0.6) is 0 Å². The normalized spacial score (nSPS) is 20.4. The molecule has 5 nitrogen and oxygen atoms in total. The number of likely N-dealkylation sites (tertiary alicyclic amines) is 1. The average molecular weight is 228 g/mol. The molecule has 1 N–H and O–H groups in total. The summed E-state index contributed by atoms with van der Waals surface area (Å²) in [5.41, 5.74) is 0. The third-order valence-corrected chi connectivity index (χ3v) is 2.67. The summed E-state index contributed by atoms with van der Waals surface area (Å²) in [6, 6.07) is 0.0308. The first-order valence-corrected chi connectivity index (χ1v) is 5.88. The van der Waals surface area contributed by atoms with Crippen molar-refractivity contribution >= 4 is 12.0 Å². The summed E-state index contributed by atoms with van der Waals surface area (Å²) in [7, 11) is 0. The van der Waals surface area contributed by atoms with Gasteiger partial charge in [0.2, 0.25) is 5.91 Å². The smallest absolute Gasteiger partial charge is 0.407 e. The first-order chi connectivity index (χ1) is 7.67. The van der Waals surface area contributed by atoms with Crippen molar-refractivity contribution in [2.24, 2.45) is 0 Å². The lowest BCUT2D eigenvalue weighted by molar-refractivity contribution is -0.132. The number of rotatable bonds is 3. The van der Waals surface area contributed by atoms with Crippen molar-refractivity contribution in [3.8, 4) is 0 Å². The lowest BCUT2D eigenvalue weighted by Gasteiger charge is -2.32. The molecule has 1 aliphatic heterocycles. The average Bonchev–Trinajstić information content (AvgIpc) is 2.28. The van der Waals surface area contributed by atoms with Crippen molar-refractivity contribution in [2.75, 3.05) is 19.7 Å². The first kappa shape index (κ1) is 12.8. The summed E-state index contributed by atoms with van der Waals surface area (Å²) in [5, 5.41) is 2.77. The second kappa shape index (κ2) is 6.35. The summed E-state index contributed by atoms with van der Waals surface area (Å²) in [5.74, 6) is 0.148. The number of carbonyl (C=O) groups excluding carboxylic acids is 2. The van der Waals surface area contributed by atoms with Gasteiger partial charge in [-0.2, -0.15) is 0 Å². The molecule has 0 radical (unpaired) electrons. The van der Waals surface area contributed by atoms with Crippen molar-refractivity contribution < 1.29 is 14.3 Å². The molecule has 0 spiro atoms. The zero-order valence-corrected chi connectivity index (χ0v) is 9.99. The number of amides is 2. The fourth-order valence-electron chi connectivity index (χ4n) is 1.88. The van der Waals surface area contributed by atoms with Crippen LogP contribution in [0.2, 0.25) is 0 Å². The van der Waals surface area contributed by atoms with Gasteiger partial charge < -0.3 is 15.0 Å². The monoisotopic (exact) mass is 228 g/mol. The Morgan fingerprint density at radius 3 is 2.81 bits per heavy atom. The van der Waals surface area contributed by atoms with Gasteiger partial charge >= 0.3 is 6.09 Å². The van der Waals surface area contributed by atoms with E-state index in [4.69, 9.17) is 4.74 Å². The molecular weight excluding hydrogens is 208 g/mol. The Balaban J connectivity index is 2.38. The van der Waals surface area contributed by atoms with Gasteiger partial charge in [0.1, 0.15) is 0 Å². The second-order valence-electron chi connectivity index (χ2n) is 3.90. The van der Waals surface area contributed by atoms with E-state index in [0.29, 0.717) is 19.6 Å². The van der Waals surface area contributed by atoms with Gasteiger partial charge in [-0.3, -0.25) is 4.79 Å². The van der Waals surface area contributed by atoms with Crippen LogP contribution in [0.3, 0.4) is 0 Å². The predicted octanol–water partition coefficient (Wildman–Crippen LogP) is 1.13. The van der Waals surface area contributed by atoms with Gasteiger partial charge in [0.25, 0.3) is 0 Å². The highest BCUT2D eigenvalue weighted by atomic mass is 16.5. The molecule has 0 aromatic carbocycles. The Bertz CT molecular complexity index is 256. The van der Waals surface area contributed by atoms with E-state index in [0.717, 1.165) is 19.4 Å². The summed E-state index contributed by atoms with van der Waals surface area (Å²) in [4.78, 5) is 24.5. The molecule has 16 heavy (non-hydrogen) atoms. The van der Waals surface area contributed by atoms with E-state index in [1.165, 1.54) is 0 Å². The fourth-order valence-corrected chi connectivity index (χ4v) is 1.88. The van der Waals surface area contributed by atoms with E-state index in [9.17, 15) is 9.59 Å². The van der Waals surface area contributed by atoms with Crippen molar-refractivity contribution in [1.29, 1.82) is 0 Å². The number of ether oxygens (including phenoxy) is 1. The quantitative estimate of drug-likeness (QED) is 0.788. The van der Waals surface area contributed by atoms with E-state index in [2.05, 4.69) is 5.32 Å². The van der Waals surface area contributed by atoms with Crippen LogP contribution in [0.4, 0.5) is 4.79 Å². The molecule has 0 saturated carbocycles. The molecule has 1 atom stereocenters. The van der Waals surface area contributed by atoms with Crippen LogP contribution in [0, 0.1) is 0 Å². The molecule has 1 saturated heterocycles. The highest BCUT2D eigenvalue weighted by Crippen LogP contribution is 2.11. The Labute approximate surface area is 96.1 Å². The Kier molecular flexibility index (Phi) is 5.08. The first-order valence-electron chi connectivity index (χ1n) is 5.88. The van der Waals surface area contributed by atoms with Crippen LogP contribution in [-0.4, -0.2) is 42.6 Å². The van der Waals surface area contributed by atoms with Gasteiger partial charge in [0.05, 0.1) is 6.61 Å². The number of alkyl carbamates (subject to hydrolysis) is 1. The van der Waals surface area contributed by atoms with E-state index in [-0.39, 0.29) is 11.9 Å². The zero-order chi connectivity index (χ0) is 12.0. The summed E-state index contributed by atoms with van der Waals surface area (Å²) in [6.07, 6.45) is 1.97.